The van der Waals surface area contributed by atoms with E-state index in [0.717, 1.165) is 12.8 Å². The number of carbonyl (C=O) groups is 2. The van der Waals surface area contributed by atoms with Crippen LogP contribution in [0, 0.1) is 0 Å². The first-order valence-electron chi connectivity index (χ1n) is 7.95. The summed E-state index contributed by atoms with van der Waals surface area (Å²) in [5.74, 6) is -0.0205. The van der Waals surface area contributed by atoms with Crippen molar-refractivity contribution in [2.45, 2.75) is 26.2 Å². The molecule has 0 bridgehead atoms. The molecular formula is C18H18ClN3O2. The first kappa shape index (κ1) is 16.5. The van der Waals surface area contributed by atoms with Crippen molar-refractivity contribution in [2.75, 3.05) is 16.3 Å². The number of unbranched alkanes of at least 4 members (excludes halogenated alkanes) is 1. The number of anilines is 3. The molecule has 0 saturated heterocycles. The summed E-state index contributed by atoms with van der Waals surface area (Å²) in [4.78, 5) is 32.7. The number of benzene rings is 1. The van der Waals surface area contributed by atoms with Gasteiger partial charge in [-0.2, -0.15) is 0 Å². The average Bonchev–Trinajstić information content (AvgIpc) is 2.67. The Kier molecular flexibility index (Phi) is 4.81. The summed E-state index contributed by atoms with van der Waals surface area (Å²) in [6, 6.07) is 10.6. The Morgan fingerprint density at radius 3 is 2.67 bits per heavy atom. The van der Waals surface area contributed by atoms with Crippen LogP contribution in [0.4, 0.5) is 17.2 Å². The third-order valence-corrected chi connectivity index (χ3v) is 4.17. The maximum Gasteiger partial charge on any atom is 0.242 e. The molecule has 1 aliphatic rings. The van der Waals surface area contributed by atoms with Crippen LogP contribution in [0.25, 0.3) is 0 Å². The molecule has 0 spiro atoms. The molecule has 0 aliphatic carbocycles. The zero-order chi connectivity index (χ0) is 17.1. The number of aromatic nitrogens is 1. The van der Waals surface area contributed by atoms with Gasteiger partial charge in [0, 0.05) is 17.8 Å². The predicted octanol–water partition coefficient (Wildman–Crippen LogP) is 3.94. The molecule has 5 nitrogen and oxygen atoms in total. The summed E-state index contributed by atoms with van der Waals surface area (Å²) in [5, 5.41) is 0.507. The van der Waals surface area contributed by atoms with E-state index in [4.69, 9.17) is 11.6 Å². The van der Waals surface area contributed by atoms with Crippen molar-refractivity contribution in [1.82, 2.24) is 4.98 Å². The van der Waals surface area contributed by atoms with Crippen LogP contribution in [0.3, 0.4) is 0 Å². The number of hydrogen-bond acceptors (Lipinski definition) is 3. The van der Waals surface area contributed by atoms with Gasteiger partial charge in [0.15, 0.2) is 0 Å². The van der Waals surface area contributed by atoms with Gasteiger partial charge in [0.1, 0.15) is 12.2 Å². The molecule has 2 amide bonds. The van der Waals surface area contributed by atoms with Crippen molar-refractivity contribution in [1.29, 1.82) is 0 Å². The smallest absolute Gasteiger partial charge is 0.242 e. The minimum absolute atomic E-state index is 0.188. The summed E-state index contributed by atoms with van der Waals surface area (Å²) in [7, 11) is 0. The van der Waals surface area contributed by atoms with Crippen LogP contribution in [0.2, 0.25) is 5.02 Å². The van der Waals surface area contributed by atoms with E-state index in [0.29, 0.717) is 28.8 Å². The van der Waals surface area contributed by atoms with Crippen molar-refractivity contribution in [3.8, 4) is 0 Å². The van der Waals surface area contributed by atoms with Crippen molar-refractivity contribution in [2.24, 2.45) is 0 Å². The zero-order valence-electron chi connectivity index (χ0n) is 13.4. The van der Waals surface area contributed by atoms with Gasteiger partial charge in [0.25, 0.3) is 0 Å². The SMILES string of the molecule is CCCCN1C(=O)CC(=O)N(c2ccccn2)c2cc(Cl)ccc21. The zero-order valence-corrected chi connectivity index (χ0v) is 14.2. The van der Waals surface area contributed by atoms with Crippen LogP contribution in [0.15, 0.2) is 42.6 Å². The van der Waals surface area contributed by atoms with Gasteiger partial charge in [-0.05, 0) is 36.8 Å². The first-order valence-corrected chi connectivity index (χ1v) is 8.33. The lowest BCUT2D eigenvalue weighted by Crippen LogP contribution is -2.32. The minimum atomic E-state index is -0.304. The van der Waals surface area contributed by atoms with Gasteiger partial charge in [0.05, 0.1) is 11.4 Å². The number of nitrogens with zero attached hydrogens (tertiary/aromatic N) is 3. The number of carbonyl (C=O) groups excluding carboxylic acids is 2. The predicted molar refractivity (Wildman–Crippen MR) is 94.7 cm³/mol. The summed E-state index contributed by atoms with van der Waals surface area (Å²) in [6.07, 6.45) is 3.26. The molecule has 1 aromatic heterocycles. The molecule has 1 aromatic carbocycles. The highest BCUT2D eigenvalue weighted by molar-refractivity contribution is 6.31. The Hall–Kier alpha value is -2.40. The summed E-state index contributed by atoms with van der Waals surface area (Å²) >= 11 is 6.16. The summed E-state index contributed by atoms with van der Waals surface area (Å²) in [6.45, 7) is 2.64. The number of halogens is 1. The normalized spacial score (nSPS) is 14.6. The minimum Gasteiger partial charge on any atom is -0.310 e. The van der Waals surface area contributed by atoms with Gasteiger partial charge in [-0.25, -0.2) is 4.98 Å². The fraction of sp³-hybridized carbons (Fsp3) is 0.278. The topological polar surface area (TPSA) is 53.5 Å². The monoisotopic (exact) mass is 343 g/mol. The Morgan fingerprint density at radius 1 is 1.12 bits per heavy atom. The summed E-state index contributed by atoms with van der Waals surface area (Å²) < 4.78 is 0. The van der Waals surface area contributed by atoms with E-state index in [1.165, 1.54) is 4.90 Å². The lowest BCUT2D eigenvalue weighted by Gasteiger charge is -2.25. The molecule has 0 radical (unpaired) electrons. The van der Waals surface area contributed by atoms with Crippen molar-refractivity contribution < 1.29 is 9.59 Å². The van der Waals surface area contributed by atoms with Gasteiger partial charge in [-0.15, -0.1) is 0 Å². The molecule has 0 atom stereocenters. The maximum absolute atomic E-state index is 12.7. The molecule has 2 aromatic rings. The van der Waals surface area contributed by atoms with Crippen molar-refractivity contribution >= 4 is 40.6 Å². The van der Waals surface area contributed by atoms with E-state index in [1.54, 1.807) is 47.5 Å². The number of fused-ring (bicyclic) bond motifs is 1. The van der Waals surface area contributed by atoms with Crippen LogP contribution in [0.1, 0.15) is 26.2 Å². The van der Waals surface area contributed by atoms with E-state index in [2.05, 4.69) is 11.9 Å². The Labute approximate surface area is 145 Å². The van der Waals surface area contributed by atoms with Gasteiger partial charge in [-0.1, -0.05) is 31.0 Å². The van der Waals surface area contributed by atoms with Crippen LogP contribution < -0.4 is 9.80 Å². The summed E-state index contributed by atoms with van der Waals surface area (Å²) in [5.41, 5.74) is 1.28. The number of rotatable bonds is 4. The van der Waals surface area contributed by atoms with Gasteiger partial charge in [-0.3, -0.25) is 14.5 Å². The first-order chi connectivity index (χ1) is 11.6. The van der Waals surface area contributed by atoms with E-state index in [-0.39, 0.29) is 18.2 Å². The fourth-order valence-corrected chi connectivity index (χ4v) is 2.94. The molecule has 0 fully saturated rings. The van der Waals surface area contributed by atoms with Gasteiger partial charge >= 0.3 is 0 Å². The largest absolute Gasteiger partial charge is 0.310 e. The number of amides is 2. The second-order valence-electron chi connectivity index (χ2n) is 5.63. The van der Waals surface area contributed by atoms with E-state index >= 15 is 0 Å². The van der Waals surface area contributed by atoms with Crippen LogP contribution >= 0.6 is 11.6 Å². The van der Waals surface area contributed by atoms with Crippen LogP contribution in [0.5, 0.6) is 0 Å². The highest BCUT2D eigenvalue weighted by Gasteiger charge is 2.32. The van der Waals surface area contributed by atoms with Crippen LogP contribution in [-0.4, -0.2) is 23.3 Å². The van der Waals surface area contributed by atoms with E-state index in [1.807, 2.05) is 0 Å². The second-order valence-corrected chi connectivity index (χ2v) is 6.06. The third-order valence-electron chi connectivity index (χ3n) is 3.94. The molecule has 0 N–H and O–H groups in total. The molecule has 24 heavy (non-hydrogen) atoms. The highest BCUT2D eigenvalue weighted by Crippen LogP contribution is 2.39. The third kappa shape index (κ3) is 3.12. The number of hydrogen-bond donors (Lipinski definition) is 0. The molecule has 2 heterocycles. The van der Waals surface area contributed by atoms with E-state index < -0.39 is 0 Å². The molecule has 0 saturated carbocycles. The van der Waals surface area contributed by atoms with E-state index in [9.17, 15) is 9.59 Å². The van der Waals surface area contributed by atoms with Gasteiger partial charge < -0.3 is 4.90 Å². The lowest BCUT2D eigenvalue weighted by atomic mass is 10.2. The quantitative estimate of drug-likeness (QED) is 0.790. The van der Waals surface area contributed by atoms with Crippen LogP contribution in [-0.2, 0) is 9.59 Å². The Morgan fingerprint density at radius 2 is 1.96 bits per heavy atom. The average molecular weight is 344 g/mol. The van der Waals surface area contributed by atoms with Gasteiger partial charge in [0.2, 0.25) is 11.8 Å². The Bertz CT molecular complexity index is 764. The second kappa shape index (κ2) is 7.01. The van der Waals surface area contributed by atoms with Crippen molar-refractivity contribution in [3.63, 3.8) is 0 Å². The molecule has 1 aliphatic heterocycles. The lowest BCUT2D eigenvalue weighted by molar-refractivity contribution is -0.125. The maximum atomic E-state index is 12.7. The number of pyridine rings is 1. The molecular weight excluding hydrogens is 326 g/mol. The Balaban J connectivity index is 2.15. The van der Waals surface area contributed by atoms with Crippen molar-refractivity contribution in [3.05, 3.63) is 47.6 Å². The molecule has 6 heteroatoms. The molecule has 124 valence electrons. The standard InChI is InChI=1S/C18H18ClN3O2/c1-2-3-10-21-14-8-7-13(19)11-15(14)22(18(24)12-17(21)23)16-6-4-5-9-20-16/h4-9,11H,2-3,10,12H2,1H3. The molecule has 0 unspecified atom stereocenters. The highest BCUT2D eigenvalue weighted by atomic mass is 35.5. The molecule has 3 rings (SSSR count). The fourth-order valence-electron chi connectivity index (χ4n) is 2.78.